The van der Waals surface area contributed by atoms with Crippen molar-refractivity contribution in [2.45, 2.75) is 13.8 Å². The Hall–Kier alpha value is -2.28. The molecule has 0 fully saturated rings. The third-order valence-electron chi connectivity index (χ3n) is 2.92. The van der Waals surface area contributed by atoms with E-state index in [1.807, 2.05) is 0 Å². The zero-order valence-corrected chi connectivity index (χ0v) is 12.0. The third-order valence-corrected chi connectivity index (χ3v) is 4.00. The quantitative estimate of drug-likeness (QED) is 0.910. The van der Waals surface area contributed by atoms with Crippen molar-refractivity contribution in [3.8, 4) is 0 Å². The normalized spacial score (nSPS) is 10.5. The number of anilines is 1. The molecular weight excluding hydrogens is 300 g/mol. The van der Waals surface area contributed by atoms with Crippen molar-refractivity contribution in [1.29, 1.82) is 0 Å². The van der Waals surface area contributed by atoms with Gasteiger partial charge < -0.3 is 10.4 Å². The van der Waals surface area contributed by atoms with Gasteiger partial charge in [-0.3, -0.25) is 4.79 Å². The fraction of sp³-hybridized carbons (Fsp3) is 0.143. The number of amides is 1. The first-order valence-corrected chi connectivity index (χ1v) is 6.78. The van der Waals surface area contributed by atoms with Gasteiger partial charge >= 0.3 is 5.97 Å². The van der Waals surface area contributed by atoms with Crippen LogP contribution in [0.2, 0.25) is 0 Å². The Kier molecular flexibility index (Phi) is 4.04. The summed E-state index contributed by atoms with van der Waals surface area (Å²) in [5.41, 5.74) is -0.0315. The van der Waals surface area contributed by atoms with E-state index in [4.69, 9.17) is 5.11 Å². The highest BCUT2D eigenvalue weighted by Crippen LogP contribution is 2.28. The zero-order valence-electron chi connectivity index (χ0n) is 11.2. The summed E-state index contributed by atoms with van der Waals surface area (Å²) in [6.07, 6.45) is 0. The van der Waals surface area contributed by atoms with E-state index < -0.39 is 29.1 Å². The molecule has 7 heteroatoms. The molecule has 0 saturated carbocycles. The maximum absolute atomic E-state index is 13.9. The lowest BCUT2D eigenvalue weighted by molar-refractivity contribution is 0.0703. The van der Waals surface area contributed by atoms with Crippen LogP contribution in [0.4, 0.5) is 14.5 Å². The largest absolute Gasteiger partial charge is 0.477 e. The van der Waals surface area contributed by atoms with Gasteiger partial charge in [-0.1, -0.05) is 6.07 Å². The molecule has 0 saturated heterocycles. The van der Waals surface area contributed by atoms with E-state index in [1.165, 1.54) is 13.0 Å². The second kappa shape index (κ2) is 5.61. The summed E-state index contributed by atoms with van der Waals surface area (Å²) in [5.74, 6) is -4.19. The van der Waals surface area contributed by atoms with E-state index >= 15 is 0 Å². The van der Waals surface area contributed by atoms with Crippen LogP contribution < -0.4 is 5.32 Å². The molecule has 1 heterocycles. The summed E-state index contributed by atoms with van der Waals surface area (Å²) in [4.78, 5) is 23.0. The number of hydrogen-bond acceptors (Lipinski definition) is 3. The molecule has 0 unspecified atom stereocenters. The Morgan fingerprint density at radius 2 is 1.86 bits per heavy atom. The molecular formula is C14H11F2NO3S. The number of halogens is 2. The minimum absolute atomic E-state index is 0.0535. The average molecular weight is 311 g/mol. The van der Waals surface area contributed by atoms with Gasteiger partial charge in [0.2, 0.25) is 0 Å². The summed E-state index contributed by atoms with van der Waals surface area (Å²) in [5, 5.41) is 12.8. The standard InChI is InChI=1S/C14H11F2NO3S/c1-6-3-4-8(15)9(10(6)16)13(18)17-11-7(2)5-21-12(11)14(19)20/h3-5H,1-2H3,(H,17,18)(H,19,20). The molecule has 2 N–H and O–H groups in total. The maximum Gasteiger partial charge on any atom is 0.348 e. The van der Waals surface area contributed by atoms with Gasteiger partial charge in [0.1, 0.15) is 22.1 Å². The third kappa shape index (κ3) is 2.78. The van der Waals surface area contributed by atoms with Crippen LogP contribution in [0.25, 0.3) is 0 Å². The molecule has 0 bridgehead atoms. The van der Waals surface area contributed by atoms with Crippen molar-refractivity contribution in [3.05, 3.63) is 50.7 Å². The number of hydrogen-bond donors (Lipinski definition) is 2. The van der Waals surface area contributed by atoms with E-state index in [-0.39, 0.29) is 16.1 Å². The van der Waals surface area contributed by atoms with Crippen molar-refractivity contribution in [3.63, 3.8) is 0 Å². The molecule has 0 spiro atoms. The minimum Gasteiger partial charge on any atom is -0.477 e. The van der Waals surface area contributed by atoms with Crippen LogP contribution in [0.3, 0.4) is 0 Å². The first-order chi connectivity index (χ1) is 9.82. The molecule has 0 aliphatic carbocycles. The highest BCUT2D eigenvalue weighted by atomic mass is 32.1. The lowest BCUT2D eigenvalue weighted by Crippen LogP contribution is -2.18. The summed E-state index contributed by atoms with van der Waals surface area (Å²) in [7, 11) is 0. The van der Waals surface area contributed by atoms with Crippen LogP contribution in [0.1, 0.15) is 31.2 Å². The van der Waals surface area contributed by atoms with Gasteiger partial charge in [0.25, 0.3) is 5.91 Å². The number of aromatic carboxylic acids is 1. The SMILES string of the molecule is Cc1ccc(F)c(C(=O)Nc2c(C)csc2C(=O)O)c1F. The Bertz CT molecular complexity index is 740. The maximum atomic E-state index is 13.9. The summed E-state index contributed by atoms with van der Waals surface area (Å²) < 4.78 is 27.5. The van der Waals surface area contributed by atoms with Crippen LogP contribution in [-0.4, -0.2) is 17.0 Å². The molecule has 2 aromatic rings. The molecule has 1 amide bonds. The number of carboxylic acid groups (broad SMARTS) is 1. The number of benzene rings is 1. The van der Waals surface area contributed by atoms with Crippen molar-refractivity contribution in [1.82, 2.24) is 0 Å². The van der Waals surface area contributed by atoms with Crippen molar-refractivity contribution < 1.29 is 23.5 Å². The van der Waals surface area contributed by atoms with Crippen molar-refractivity contribution in [2.75, 3.05) is 5.32 Å². The Morgan fingerprint density at radius 1 is 1.19 bits per heavy atom. The number of aryl methyl sites for hydroxylation is 2. The molecule has 4 nitrogen and oxygen atoms in total. The molecule has 0 aliphatic rings. The predicted molar refractivity (Wildman–Crippen MR) is 75.1 cm³/mol. The first-order valence-electron chi connectivity index (χ1n) is 5.90. The molecule has 110 valence electrons. The molecule has 2 rings (SSSR count). The Morgan fingerprint density at radius 3 is 2.48 bits per heavy atom. The second-order valence-electron chi connectivity index (χ2n) is 4.44. The highest BCUT2D eigenvalue weighted by Gasteiger charge is 2.23. The van der Waals surface area contributed by atoms with E-state index in [1.54, 1.807) is 12.3 Å². The number of thiophene rings is 1. The first kappa shape index (κ1) is 15.1. The topological polar surface area (TPSA) is 66.4 Å². The number of rotatable bonds is 3. The minimum atomic E-state index is -1.21. The summed E-state index contributed by atoms with van der Waals surface area (Å²) in [6, 6.07) is 2.21. The van der Waals surface area contributed by atoms with Crippen LogP contribution in [0, 0.1) is 25.5 Å². The predicted octanol–water partition coefficient (Wildman–Crippen LogP) is 3.59. The smallest absolute Gasteiger partial charge is 0.348 e. The van der Waals surface area contributed by atoms with Gasteiger partial charge in [-0.15, -0.1) is 11.3 Å². The van der Waals surface area contributed by atoms with Crippen molar-refractivity contribution >= 4 is 28.9 Å². The van der Waals surface area contributed by atoms with E-state index in [2.05, 4.69) is 5.32 Å². The van der Waals surface area contributed by atoms with Crippen LogP contribution in [-0.2, 0) is 0 Å². The molecule has 0 atom stereocenters. The molecule has 1 aromatic carbocycles. The van der Waals surface area contributed by atoms with Gasteiger partial charge in [-0.05, 0) is 36.4 Å². The van der Waals surface area contributed by atoms with Gasteiger partial charge in [0.15, 0.2) is 0 Å². The van der Waals surface area contributed by atoms with Crippen LogP contribution in [0.5, 0.6) is 0 Å². The van der Waals surface area contributed by atoms with Gasteiger partial charge in [0, 0.05) is 0 Å². The number of carbonyl (C=O) groups excluding carboxylic acids is 1. The molecule has 0 radical (unpaired) electrons. The average Bonchev–Trinajstić information content (AvgIpc) is 2.76. The van der Waals surface area contributed by atoms with Gasteiger partial charge in [-0.25, -0.2) is 13.6 Å². The number of carboxylic acids is 1. The zero-order chi connectivity index (χ0) is 15.7. The fourth-order valence-corrected chi connectivity index (χ4v) is 2.64. The number of carbonyl (C=O) groups is 2. The van der Waals surface area contributed by atoms with Gasteiger partial charge in [0.05, 0.1) is 5.69 Å². The lowest BCUT2D eigenvalue weighted by Gasteiger charge is -2.09. The molecule has 0 aliphatic heterocycles. The monoisotopic (exact) mass is 311 g/mol. The van der Waals surface area contributed by atoms with Gasteiger partial charge in [-0.2, -0.15) is 0 Å². The number of nitrogens with one attached hydrogen (secondary N) is 1. The summed E-state index contributed by atoms with van der Waals surface area (Å²) >= 11 is 0.931. The second-order valence-corrected chi connectivity index (χ2v) is 5.32. The van der Waals surface area contributed by atoms with E-state index in [0.717, 1.165) is 17.4 Å². The van der Waals surface area contributed by atoms with E-state index in [9.17, 15) is 18.4 Å². The highest BCUT2D eigenvalue weighted by molar-refractivity contribution is 7.12. The van der Waals surface area contributed by atoms with Crippen LogP contribution >= 0.6 is 11.3 Å². The Labute approximate surface area is 123 Å². The molecule has 1 aromatic heterocycles. The fourth-order valence-electron chi connectivity index (χ4n) is 1.80. The lowest BCUT2D eigenvalue weighted by atomic mass is 10.1. The van der Waals surface area contributed by atoms with E-state index in [0.29, 0.717) is 5.56 Å². The Balaban J connectivity index is 2.42. The summed E-state index contributed by atoms with van der Waals surface area (Å²) in [6.45, 7) is 3.01. The molecule has 21 heavy (non-hydrogen) atoms. The van der Waals surface area contributed by atoms with Crippen molar-refractivity contribution in [2.24, 2.45) is 0 Å². The van der Waals surface area contributed by atoms with Crippen LogP contribution in [0.15, 0.2) is 17.5 Å².